The summed E-state index contributed by atoms with van der Waals surface area (Å²) in [5.41, 5.74) is 0. The van der Waals surface area contributed by atoms with E-state index in [-0.39, 0.29) is 0 Å². The Hall–Kier alpha value is -3.07. The highest BCUT2D eigenvalue weighted by Crippen LogP contribution is 2.38. The van der Waals surface area contributed by atoms with Gasteiger partial charge >= 0.3 is 0 Å². The first kappa shape index (κ1) is 79.6. The molecule has 0 radical (unpaired) electrons. The first-order valence-electron chi connectivity index (χ1n) is 31.0. The highest BCUT2D eigenvalue weighted by Gasteiger charge is 2.59. The molecule has 8 saturated heterocycles. The summed E-state index contributed by atoms with van der Waals surface area (Å²) in [5.74, 6) is -2.58. The van der Waals surface area contributed by atoms with E-state index < -0.39 is 309 Å². The molecular formula is C54H91N3O40. The van der Waals surface area contributed by atoms with Gasteiger partial charge in [-0.3, -0.25) is 14.4 Å². The maximum Gasteiger partial charge on any atom is 0.217 e. The molecule has 0 bridgehead atoms. The summed E-state index contributed by atoms with van der Waals surface area (Å²) in [5, 5.41) is 248. The maximum absolute atomic E-state index is 13.0. The second-order valence-electron chi connectivity index (χ2n) is 24.6. The third-order valence-corrected chi connectivity index (χ3v) is 17.8. The van der Waals surface area contributed by atoms with Gasteiger partial charge in [0.15, 0.2) is 50.3 Å². The molecule has 8 heterocycles. The van der Waals surface area contributed by atoms with Crippen LogP contribution in [-0.2, 0) is 85.4 Å². The van der Waals surface area contributed by atoms with Gasteiger partial charge in [-0.2, -0.15) is 0 Å². The van der Waals surface area contributed by atoms with Crippen molar-refractivity contribution in [3.8, 4) is 0 Å². The standard InChI is InChI=1S/C54H91N3O40/c1-12-26(66)33(73)37(77)50(85-12)84-11-22-44(31(71)23(47(82)86-22)55-13(2)63)94-48-24(56-14(3)64)32(72)42(19(8-61)90-48)95-54-41(81)46(30(70)21(92-54)10-83-51-38(78)34(74)27(67)16(5-58)88-51)97-53-40(80)36(76)43(20(9-62)91-53)93-49-25(57-15(4)65)45(29(69)18(7-60)87-49)96-52-39(79)35(75)28(68)17(6-59)89-52/h12,16-54,58-62,66-82H,5-11H2,1-4H3,(H,55,63)(H,56,64)(H,57,65)/t12-,16+,17+,18+,19+,20+,21+,22+,23+,24+,25+,26+,27+,28-,29+,30+,31+,32+,33+,34-,35-,36+,37-,38-,39+,40-,41-,42+,43+,44+,45+,46-,47+,48-,49-,50+,51-,52-,53+,54-/m0/s1. The molecule has 0 spiro atoms. The molecule has 40 atom stereocenters. The lowest BCUT2D eigenvalue weighted by Gasteiger charge is -2.51. The number of amides is 3. The van der Waals surface area contributed by atoms with Crippen molar-refractivity contribution < 1.29 is 198 Å². The van der Waals surface area contributed by atoms with Crippen molar-refractivity contribution in [1.29, 1.82) is 0 Å². The number of rotatable bonds is 24. The molecule has 8 rings (SSSR count). The lowest BCUT2D eigenvalue weighted by Crippen LogP contribution is -2.71. The van der Waals surface area contributed by atoms with Crippen LogP contribution in [0.25, 0.3) is 0 Å². The molecule has 0 aromatic rings. The molecule has 0 unspecified atom stereocenters. The van der Waals surface area contributed by atoms with Crippen molar-refractivity contribution in [3.05, 3.63) is 0 Å². The number of hydrogen-bond donors (Lipinski definition) is 25. The maximum atomic E-state index is 13.0. The number of ether oxygens (including phenoxy) is 15. The predicted octanol–water partition coefficient (Wildman–Crippen LogP) is -17.0. The Labute approximate surface area is 549 Å². The van der Waals surface area contributed by atoms with E-state index in [1.807, 2.05) is 0 Å². The van der Waals surface area contributed by atoms with Crippen molar-refractivity contribution in [2.24, 2.45) is 0 Å². The summed E-state index contributed by atoms with van der Waals surface area (Å²) in [6.07, 6.45) is -72.3. The van der Waals surface area contributed by atoms with Crippen LogP contribution in [-0.4, -0.2) is 422 Å². The third kappa shape index (κ3) is 17.6. The smallest absolute Gasteiger partial charge is 0.217 e. The molecule has 0 saturated carbocycles. The van der Waals surface area contributed by atoms with E-state index in [9.17, 15) is 127 Å². The van der Waals surface area contributed by atoms with Gasteiger partial charge in [0.2, 0.25) is 17.7 Å². The fraction of sp³-hybridized carbons (Fsp3) is 0.944. The Morgan fingerprint density at radius 2 is 0.619 bits per heavy atom. The van der Waals surface area contributed by atoms with Gasteiger partial charge in [0.25, 0.3) is 0 Å². The van der Waals surface area contributed by atoms with Crippen molar-refractivity contribution in [2.45, 2.75) is 273 Å². The average Bonchev–Trinajstić information content (AvgIpc) is 0.773. The minimum absolute atomic E-state index is 0.786. The summed E-state index contributed by atoms with van der Waals surface area (Å²) in [6.45, 7) is -2.66. The van der Waals surface area contributed by atoms with Gasteiger partial charge < -0.3 is 199 Å². The van der Waals surface area contributed by atoms with Crippen molar-refractivity contribution in [2.75, 3.05) is 46.2 Å². The first-order chi connectivity index (χ1) is 45.8. The van der Waals surface area contributed by atoms with Gasteiger partial charge in [-0.15, -0.1) is 0 Å². The molecule has 43 heteroatoms. The Balaban J connectivity index is 1.05. The molecule has 25 N–H and O–H groups in total. The number of aliphatic hydroxyl groups is 22. The molecule has 0 aromatic carbocycles. The summed E-state index contributed by atoms with van der Waals surface area (Å²) in [7, 11) is 0. The minimum atomic E-state index is -2.42. The van der Waals surface area contributed by atoms with E-state index in [2.05, 4.69) is 16.0 Å². The second kappa shape index (κ2) is 34.5. The zero-order valence-corrected chi connectivity index (χ0v) is 52.2. The SMILES string of the molecule is CC(=O)N[C@@H]1[C@@H](O)[C@H](O[C@@H]2O[C@H](CO)[C@@H](O[C@@H]3O[C@H](CO[C@H]4O[C@H](CO)[C@@H](O)[C@H](O)[C@@H]4O)[C@@H](O)[C@H](O[C@H]4O[C@H](CO)[C@@H](O[C@@H]5O[C@H](CO)[C@@H](O)[C@H](O[C@@H]6O[C@H](CO)[C@H](O)[C@H](O)[C@H]6O)[C@H]5NC(C)=O)[C@H](O)[C@@H]4O)[C@@H]3O)[C@H](O)[C@H]2NC(C)=O)[C@@H](CO[C@@H]2O[C@@H](C)[C@@H](O)[C@@H](O)[C@@H]2O)O[C@H]1O. The van der Waals surface area contributed by atoms with E-state index in [1.54, 1.807) is 0 Å². The lowest BCUT2D eigenvalue weighted by atomic mass is 9.93. The van der Waals surface area contributed by atoms with Gasteiger partial charge in [0.05, 0.1) is 52.4 Å². The lowest BCUT2D eigenvalue weighted by molar-refractivity contribution is -0.391. The first-order valence-corrected chi connectivity index (χ1v) is 31.0. The van der Waals surface area contributed by atoms with E-state index in [0.29, 0.717) is 0 Å². The summed E-state index contributed by atoms with van der Waals surface area (Å²) >= 11 is 0. The number of carbonyl (C=O) groups excluding carboxylic acids is 3. The number of carbonyl (C=O) groups is 3. The van der Waals surface area contributed by atoms with Crippen LogP contribution in [0.2, 0.25) is 0 Å². The van der Waals surface area contributed by atoms with Crippen LogP contribution in [0, 0.1) is 0 Å². The predicted molar refractivity (Wildman–Crippen MR) is 298 cm³/mol. The van der Waals surface area contributed by atoms with E-state index >= 15 is 0 Å². The summed E-state index contributed by atoms with van der Waals surface area (Å²) in [6, 6.07) is -5.35. The monoisotopic (exact) mass is 1420 g/mol. The van der Waals surface area contributed by atoms with Crippen molar-refractivity contribution >= 4 is 17.7 Å². The van der Waals surface area contributed by atoms with E-state index in [4.69, 9.17) is 71.1 Å². The molecule has 562 valence electrons. The number of hydrogen-bond acceptors (Lipinski definition) is 40. The van der Waals surface area contributed by atoms with E-state index in [1.165, 1.54) is 6.92 Å². The molecule has 97 heavy (non-hydrogen) atoms. The Morgan fingerprint density at radius 1 is 0.289 bits per heavy atom. The van der Waals surface area contributed by atoms with Crippen molar-refractivity contribution in [1.82, 2.24) is 16.0 Å². The number of nitrogens with one attached hydrogen (secondary N) is 3. The van der Waals surface area contributed by atoms with Crippen LogP contribution < -0.4 is 16.0 Å². The molecule has 8 aliphatic rings. The zero-order valence-electron chi connectivity index (χ0n) is 52.2. The van der Waals surface area contributed by atoms with Crippen LogP contribution in [0.3, 0.4) is 0 Å². The van der Waals surface area contributed by atoms with Gasteiger partial charge in [0, 0.05) is 20.8 Å². The molecule has 3 amide bonds. The largest absolute Gasteiger partial charge is 0.394 e. The van der Waals surface area contributed by atoms with Crippen LogP contribution >= 0.6 is 0 Å². The van der Waals surface area contributed by atoms with Gasteiger partial charge in [-0.05, 0) is 6.92 Å². The van der Waals surface area contributed by atoms with Crippen molar-refractivity contribution in [3.63, 3.8) is 0 Å². The summed E-state index contributed by atoms with van der Waals surface area (Å²) in [4.78, 5) is 37.9. The topological polar surface area (TPSA) is 671 Å². The molecule has 0 aliphatic carbocycles. The fourth-order valence-electron chi connectivity index (χ4n) is 12.4. The Kier molecular flexibility index (Phi) is 28.3. The molecule has 8 fully saturated rings. The third-order valence-electron chi connectivity index (χ3n) is 17.8. The zero-order chi connectivity index (χ0) is 71.5. The van der Waals surface area contributed by atoms with Gasteiger partial charge in [-0.25, -0.2) is 0 Å². The number of aliphatic hydroxyl groups excluding tert-OH is 22. The second-order valence-corrected chi connectivity index (χ2v) is 24.6. The Morgan fingerprint density at radius 3 is 1.15 bits per heavy atom. The highest BCUT2D eigenvalue weighted by molar-refractivity contribution is 5.74. The molecular weight excluding hydrogens is 1330 g/mol. The highest BCUT2D eigenvalue weighted by atomic mass is 16.8. The fourth-order valence-corrected chi connectivity index (χ4v) is 12.4. The van der Waals surface area contributed by atoms with E-state index in [0.717, 1.165) is 20.8 Å². The molecule has 8 aliphatic heterocycles. The van der Waals surface area contributed by atoms with Crippen LogP contribution in [0.1, 0.15) is 27.7 Å². The molecule has 0 aromatic heterocycles. The molecule has 43 nitrogen and oxygen atoms in total. The van der Waals surface area contributed by atoms with Gasteiger partial charge in [0.1, 0.15) is 189 Å². The van der Waals surface area contributed by atoms with Gasteiger partial charge in [-0.1, -0.05) is 0 Å². The quantitative estimate of drug-likeness (QED) is 0.0427. The average molecular weight is 1420 g/mol. The van der Waals surface area contributed by atoms with Crippen LogP contribution in [0.15, 0.2) is 0 Å². The minimum Gasteiger partial charge on any atom is -0.394 e. The van der Waals surface area contributed by atoms with Crippen LogP contribution in [0.5, 0.6) is 0 Å². The Bertz CT molecular complexity index is 2490. The van der Waals surface area contributed by atoms with Crippen LogP contribution in [0.4, 0.5) is 0 Å². The summed E-state index contributed by atoms with van der Waals surface area (Å²) < 4.78 is 87.2. The normalized spacial score (nSPS) is 49.9.